The lowest BCUT2D eigenvalue weighted by atomic mass is 10.0. The Hall–Kier alpha value is -2.82. The molecule has 0 radical (unpaired) electrons. The van der Waals surface area contributed by atoms with E-state index in [-0.39, 0.29) is 5.56 Å². The van der Waals surface area contributed by atoms with Gasteiger partial charge in [-0.1, -0.05) is 0 Å². The molecule has 0 spiro atoms. The Balaban J connectivity index is 2.09. The van der Waals surface area contributed by atoms with Gasteiger partial charge in [0.15, 0.2) is 11.5 Å². The van der Waals surface area contributed by atoms with Gasteiger partial charge in [-0.25, -0.2) is 0 Å². The third kappa shape index (κ3) is 1.65. The minimum absolute atomic E-state index is 0.133. The number of ether oxygens (including phenoxy) is 2. The number of benzene rings is 1. The molecule has 0 amide bonds. The van der Waals surface area contributed by atoms with E-state index < -0.39 is 0 Å². The number of methoxy groups -OCH3 is 2. The molecule has 0 fully saturated rings. The van der Waals surface area contributed by atoms with Crippen LogP contribution in [0, 0.1) is 0 Å². The molecule has 2 heterocycles. The molecule has 1 N–H and O–H groups in total. The molecule has 3 aromatic rings. The fourth-order valence-corrected chi connectivity index (χ4v) is 3.11. The average molecular weight is 294 g/mol. The first-order chi connectivity index (χ1) is 10.7. The van der Waals surface area contributed by atoms with Crippen LogP contribution in [0.5, 0.6) is 11.5 Å². The van der Waals surface area contributed by atoms with Crippen molar-refractivity contribution in [1.82, 2.24) is 9.97 Å². The van der Waals surface area contributed by atoms with Gasteiger partial charge in [0.05, 0.1) is 25.3 Å². The zero-order valence-corrected chi connectivity index (χ0v) is 12.3. The lowest BCUT2D eigenvalue weighted by molar-refractivity contribution is 0.356. The molecular formula is C17H14N2O3. The van der Waals surface area contributed by atoms with Crippen molar-refractivity contribution >= 4 is 10.8 Å². The first-order valence-corrected chi connectivity index (χ1v) is 6.97. The molecule has 0 bridgehead atoms. The van der Waals surface area contributed by atoms with E-state index in [0.29, 0.717) is 16.9 Å². The number of hydrogen-bond acceptors (Lipinski definition) is 4. The van der Waals surface area contributed by atoms with Gasteiger partial charge in [0.1, 0.15) is 0 Å². The van der Waals surface area contributed by atoms with Crippen LogP contribution < -0.4 is 15.0 Å². The summed E-state index contributed by atoms with van der Waals surface area (Å²) in [5.74, 6) is 1.18. The third-order valence-corrected chi connectivity index (χ3v) is 4.18. The normalized spacial score (nSPS) is 12.1. The predicted octanol–water partition coefficient (Wildman–Crippen LogP) is 2.51. The van der Waals surface area contributed by atoms with Crippen LogP contribution in [0.2, 0.25) is 0 Å². The highest BCUT2D eigenvalue weighted by atomic mass is 16.5. The summed E-state index contributed by atoms with van der Waals surface area (Å²) in [6, 6.07) is 5.59. The fourth-order valence-electron chi connectivity index (χ4n) is 3.11. The Kier molecular flexibility index (Phi) is 2.69. The van der Waals surface area contributed by atoms with Crippen molar-refractivity contribution in [1.29, 1.82) is 0 Å². The number of pyridine rings is 2. The number of fused-ring (bicyclic) bond motifs is 5. The summed E-state index contributed by atoms with van der Waals surface area (Å²) in [7, 11) is 3.16. The molecule has 0 atom stereocenters. The van der Waals surface area contributed by atoms with E-state index in [9.17, 15) is 4.79 Å². The second-order valence-corrected chi connectivity index (χ2v) is 5.27. The molecule has 0 unspecified atom stereocenters. The van der Waals surface area contributed by atoms with Crippen molar-refractivity contribution in [2.75, 3.05) is 14.2 Å². The predicted molar refractivity (Wildman–Crippen MR) is 83.7 cm³/mol. The number of aromatic nitrogens is 2. The standard InChI is InChI=1S/C17H14N2O3/c1-21-14-6-10-11-5-9-3-4-18-8-13(9)16(11)19-17(20)12(10)7-15(14)22-2/h3-4,6-8H,5H2,1-2H3,(H,19,20). The highest BCUT2D eigenvalue weighted by Crippen LogP contribution is 2.40. The minimum atomic E-state index is -0.133. The second kappa shape index (κ2) is 4.59. The van der Waals surface area contributed by atoms with Gasteiger partial charge in [0, 0.05) is 24.4 Å². The molecule has 5 heteroatoms. The van der Waals surface area contributed by atoms with Crippen molar-refractivity contribution in [2.24, 2.45) is 0 Å². The number of H-pyrrole nitrogens is 1. The molecule has 22 heavy (non-hydrogen) atoms. The van der Waals surface area contributed by atoms with Crippen LogP contribution in [0.4, 0.5) is 0 Å². The Bertz CT molecular complexity index is 960. The number of rotatable bonds is 2. The quantitative estimate of drug-likeness (QED) is 0.617. The van der Waals surface area contributed by atoms with E-state index in [1.807, 2.05) is 12.1 Å². The van der Waals surface area contributed by atoms with Crippen LogP contribution in [-0.4, -0.2) is 24.2 Å². The molecule has 1 aromatic carbocycles. The molecule has 1 aliphatic rings. The van der Waals surface area contributed by atoms with E-state index in [0.717, 1.165) is 28.6 Å². The van der Waals surface area contributed by atoms with Crippen molar-refractivity contribution in [2.45, 2.75) is 6.42 Å². The van der Waals surface area contributed by atoms with Crippen LogP contribution in [0.25, 0.3) is 22.0 Å². The Morgan fingerprint density at radius 1 is 1.14 bits per heavy atom. The summed E-state index contributed by atoms with van der Waals surface area (Å²) < 4.78 is 10.7. The fraction of sp³-hybridized carbons (Fsp3) is 0.176. The van der Waals surface area contributed by atoms with Gasteiger partial charge in [-0.05, 0) is 34.7 Å². The van der Waals surface area contributed by atoms with Gasteiger partial charge >= 0.3 is 0 Å². The second-order valence-electron chi connectivity index (χ2n) is 5.27. The topological polar surface area (TPSA) is 64.2 Å². The van der Waals surface area contributed by atoms with E-state index in [1.54, 1.807) is 32.7 Å². The molecule has 0 saturated heterocycles. The van der Waals surface area contributed by atoms with E-state index >= 15 is 0 Å². The summed E-state index contributed by atoms with van der Waals surface area (Å²) >= 11 is 0. The molecule has 0 saturated carbocycles. The summed E-state index contributed by atoms with van der Waals surface area (Å²) in [6.07, 6.45) is 4.34. The maximum absolute atomic E-state index is 12.4. The average Bonchev–Trinajstić information content (AvgIpc) is 2.92. The molecule has 2 aromatic heterocycles. The van der Waals surface area contributed by atoms with Gasteiger partial charge in [-0.2, -0.15) is 0 Å². The maximum Gasteiger partial charge on any atom is 0.256 e. The Morgan fingerprint density at radius 2 is 1.86 bits per heavy atom. The number of aromatic amines is 1. The molecule has 0 aliphatic heterocycles. The largest absolute Gasteiger partial charge is 0.493 e. The summed E-state index contributed by atoms with van der Waals surface area (Å²) in [5.41, 5.74) is 3.98. The lowest BCUT2D eigenvalue weighted by Gasteiger charge is -2.11. The zero-order valence-electron chi connectivity index (χ0n) is 12.3. The van der Waals surface area contributed by atoms with Crippen LogP contribution in [0.3, 0.4) is 0 Å². The van der Waals surface area contributed by atoms with Gasteiger partial charge in [-0.15, -0.1) is 0 Å². The molecular weight excluding hydrogens is 280 g/mol. The van der Waals surface area contributed by atoms with Gasteiger partial charge in [0.25, 0.3) is 5.56 Å². The highest BCUT2D eigenvalue weighted by molar-refractivity contribution is 5.94. The number of nitrogens with one attached hydrogen (secondary N) is 1. The number of nitrogens with zero attached hydrogens (tertiary/aromatic N) is 1. The van der Waals surface area contributed by atoms with Crippen molar-refractivity contribution in [3.8, 4) is 22.8 Å². The maximum atomic E-state index is 12.4. The van der Waals surface area contributed by atoms with Crippen LogP contribution in [0.15, 0.2) is 35.4 Å². The third-order valence-electron chi connectivity index (χ3n) is 4.18. The van der Waals surface area contributed by atoms with Crippen LogP contribution in [-0.2, 0) is 6.42 Å². The van der Waals surface area contributed by atoms with Crippen LogP contribution in [0.1, 0.15) is 11.1 Å². The van der Waals surface area contributed by atoms with E-state index in [1.165, 1.54) is 5.56 Å². The minimum Gasteiger partial charge on any atom is -0.493 e. The molecule has 1 aliphatic carbocycles. The van der Waals surface area contributed by atoms with E-state index in [4.69, 9.17) is 9.47 Å². The SMILES string of the molecule is COc1cc2c3c([nH]c(=O)c2cc1OC)-c1cnccc1C3. The van der Waals surface area contributed by atoms with Crippen LogP contribution >= 0.6 is 0 Å². The summed E-state index contributed by atoms with van der Waals surface area (Å²) in [6.45, 7) is 0. The summed E-state index contributed by atoms with van der Waals surface area (Å²) in [4.78, 5) is 19.6. The highest BCUT2D eigenvalue weighted by Gasteiger charge is 2.23. The first-order valence-electron chi connectivity index (χ1n) is 6.97. The Labute approximate surface area is 126 Å². The zero-order chi connectivity index (χ0) is 15.3. The van der Waals surface area contributed by atoms with Gasteiger partial charge in [0.2, 0.25) is 0 Å². The smallest absolute Gasteiger partial charge is 0.256 e. The summed E-state index contributed by atoms with van der Waals surface area (Å²) in [5, 5.41) is 1.50. The molecule has 4 rings (SSSR count). The van der Waals surface area contributed by atoms with E-state index in [2.05, 4.69) is 9.97 Å². The molecule has 5 nitrogen and oxygen atoms in total. The van der Waals surface area contributed by atoms with Gasteiger partial charge < -0.3 is 14.5 Å². The Morgan fingerprint density at radius 3 is 2.59 bits per heavy atom. The van der Waals surface area contributed by atoms with Crippen molar-refractivity contribution in [3.05, 3.63) is 52.1 Å². The first kappa shape index (κ1) is 12.9. The monoisotopic (exact) mass is 294 g/mol. The van der Waals surface area contributed by atoms with Crippen molar-refractivity contribution in [3.63, 3.8) is 0 Å². The number of hydrogen-bond donors (Lipinski definition) is 1. The van der Waals surface area contributed by atoms with Gasteiger partial charge in [-0.3, -0.25) is 9.78 Å². The molecule has 110 valence electrons. The lowest BCUT2D eigenvalue weighted by Crippen LogP contribution is -2.09. The van der Waals surface area contributed by atoms with Crippen molar-refractivity contribution < 1.29 is 9.47 Å².